The maximum Gasteiger partial charge on any atom is 0.194 e. The molecule has 0 atom stereocenters. The van der Waals surface area contributed by atoms with Gasteiger partial charge in [-0.1, -0.05) is 67.9 Å². The Morgan fingerprint density at radius 2 is 1.50 bits per heavy atom. The average Bonchev–Trinajstić information content (AvgIpc) is 2.79. The van der Waals surface area contributed by atoms with Crippen LogP contribution in [0.4, 0.5) is 0 Å². The molecule has 0 fully saturated rings. The maximum absolute atomic E-state index is 12.7. The van der Waals surface area contributed by atoms with E-state index in [4.69, 9.17) is 0 Å². The molecule has 1 heteroatoms. The van der Waals surface area contributed by atoms with Crippen molar-refractivity contribution >= 4 is 16.9 Å². The number of benzene rings is 2. The molecule has 2 aromatic rings. The minimum absolute atomic E-state index is 0.179. The number of Topliss-reactive ketones (excluding diaryl/α,β-unsaturated/α-hetero) is 1. The summed E-state index contributed by atoms with van der Waals surface area (Å²) >= 11 is 0. The molecule has 1 nitrogen and oxygen atoms in total. The average molecular weight is 262 g/mol. The minimum Gasteiger partial charge on any atom is -0.289 e. The highest BCUT2D eigenvalue weighted by atomic mass is 16.1. The van der Waals surface area contributed by atoms with Gasteiger partial charge in [0.25, 0.3) is 0 Å². The van der Waals surface area contributed by atoms with Gasteiger partial charge in [-0.15, -0.1) is 0 Å². The topological polar surface area (TPSA) is 17.1 Å². The predicted molar refractivity (Wildman–Crippen MR) is 83.6 cm³/mol. The van der Waals surface area contributed by atoms with Crippen molar-refractivity contribution in [2.45, 2.75) is 26.2 Å². The highest BCUT2D eigenvalue weighted by Crippen LogP contribution is 2.40. The summed E-state index contributed by atoms with van der Waals surface area (Å²) in [5, 5.41) is 0. The Morgan fingerprint density at radius 1 is 0.850 bits per heavy atom. The van der Waals surface area contributed by atoms with Gasteiger partial charge in [0.2, 0.25) is 0 Å². The molecule has 0 aliphatic heterocycles. The third-order valence-corrected chi connectivity index (χ3v) is 3.87. The smallest absolute Gasteiger partial charge is 0.194 e. The SMILES string of the molecule is CCCCC1=C(c2ccccc2)C(=O)c2ccccc21. The Balaban J connectivity index is 2.15. The maximum atomic E-state index is 12.7. The third-order valence-electron chi connectivity index (χ3n) is 3.87. The van der Waals surface area contributed by atoms with Crippen LogP contribution >= 0.6 is 0 Å². The zero-order valence-electron chi connectivity index (χ0n) is 11.7. The molecule has 0 N–H and O–H groups in total. The van der Waals surface area contributed by atoms with Crippen molar-refractivity contribution in [3.05, 3.63) is 71.3 Å². The van der Waals surface area contributed by atoms with Crippen LogP contribution in [0.15, 0.2) is 54.6 Å². The van der Waals surface area contributed by atoms with Crippen LogP contribution in [0.5, 0.6) is 0 Å². The molecule has 3 rings (SSSR count). The van der Waals surface area contributed by atoms with E-state index in [1.807, 2.05) is 48.5 Å². The van der Waals surface area contributed by atoms with Crippen molar-refractivity contribution in [2.24, 2.45) is 0 Å². The van der Waals surface area contributed by atoms with Crippen molar-refractivity contribution in [1.29, 1.82) is 0 Å². The predicted octanol–water partition coefficient (Wildman–Crippen LogP) is 4.98. The van der Waals surface area contributed by atoms with Crippen molar-refractivity contribution in [3.63, 3.8) is 0 Å². The molecule has 1 aliphatic carbocycles. The first-order chi connectivity index (χ1) is 9.83. The summed E-state index contributed by atoms with van der Waals surface area (Å²) < 4.78 is 0. The van der Waals surface area contributed by atoms with Crippen LogP contribution in [-0.4, -0.2) is 5.78 Å². The lowest BCUT2D eigenvalue weighted by atomic mass is 9.96. The van der Waals surface area contributed by atoms with Gasteiger partial charge < -0.3 is 0 Å². The molecule has 1 aliphatic rings. The van der Waals surface area contributed by atoms with Gasteiger partial charge in [-0.05, 0) is 29.5 Å². The van der Waals surface area contributed by atoms with E-state index >= 15 is 0 Å². The summed E-state index contributed by atoms with van der Waals surface area (Å²) in [6.45, 7) is 2.19. The largest absolute Gasteiger partial charge is 0.289 e. The summed E-state index contributed by atoms with van der Waals surface area (Å²) in [7, 11) is 0. The van der Waals surface area contributed by atoms with Gasteiger partial charge in [-0.3, -0.25) is 4.79 Å². The molecule has 0 heterocycles. The van der Waals surface area contributed by atoms with Gasteiger partial charge in [0, 0.05) is 11.1 Å². The molecular weight excluding hydrogens is 244 g/mol. The Morgan fingerprint density at radius 3 is 2.20 bits per heavy atom. The second kappa shape index (κ2) is 5.46. The molecule has 0 bridgehead atoms. The van der Waals surface area contributed by atoms with Gasteiger partial charge in [-0.25, -0.2) is 0 Å². The number of carbonyl (C=O) groups is 1. The second-order valence-electron chi connectivity index (χ2n) is 5.20. The first kappa shape index (κ1) is 12.9. The fraction of sp³-hybridized carbons (Fsp3) is 0.211. The lowest BCUT2D eigenvalue weighted by molar-refractivity contribution is 0.105. The lowest BCUT2D eigenvalue weighted by Crippen LogP contribution is -1.97. The molecule has 0 saturated heterocycles. The lowest BCUT2D eigenvalue weighted by Gasteiger charge is -2.07. The van der Waals surface area contributed by atoms with Crippen LogP contribution in [0.2, 0.25) is 0 Å². The molecule has 20 heavy (non-hydrogen) atoms. The molecule has 0 spiro atoms. The summed E-state index contributed by atoms with van der Waals surface area (Å²) in [6, 6.07) is 18.0. The van der Waals surface area contributed by atoms with Crippen molar-refractivity contribution in [2.75, 3.05) is 0 Å². The van der Waals surface area contributed by atoms with E-state index in [2.05, 4.69) is 13.0 Å². The Labute approximate surface area is 120 Å². The monoisotopic (exact) mass is 262 g/mol. The highest BCUT2D eigenvalue weighted by Gasteiger charge is 2.29. The van der Waals surface area contributed by atoms with Gasteiger partial charge in [0.15, 0.2) is 5.78 Å². The van der Waals surface area contributed by atoms with E-state index in [0.717, 1.165) is 41.5 Å². The fourth-order valence-electron chi connectivity index (χ4n) is 2.87. The Kier molecular flexibility index (Phi) is 3.51. The zero-order valence-corrected chi connectivity index (χ0v) is 11.7. The van der Waals surface area contributed by atoms with Gasteiger partial charge >= 0.3 is 0 Å². The number of rotatable bonds is 4. The van der Waals surface area contributed by atoms with Crippen molar-refractivity contribution < 1.29 is 4.79 Å². The van der Waals surface area contributed by atoms with Crippen molar-refractivity contribution in [3.8, 4) is 0 Å². The van der Waals surface area contributed by atoms with E-state index < -0.39 is 0 Å². The summed E-state index contributed by atoms with van der Waals surface area (Å²) in [5.74, 6) is 0.179. The van der Waals surface area contributed by atoms with Crippen LogP contribution in [-0.2, 0) is 0 Å². The first-order valence-corrected chi connectivity index (χ1v) is 7.25. The molecule has 0 aromatic heterocycles. The van der Waals surface area contributed by atoms with E-state index in [1.165, 1.54) is 5.57 Å². The van der Waals surface area contributed by atoms with Crippen LogP contribution in [0.25, 0.3) is 11.1 Å². The third kappa shape index (κ3) is 2.09. The number of allylic oxidation sites excluding steroid dienone is 2. The number of unbranched alkanes of at least 4 members (excludes halogenated alkanes) is 1. The van der Waals surface area contributed by atoms with Gasteiger partial charge in [0.05, 0.1) is 0 Å². The van der Waals surface area contributed by atoms with E-state index in [9.17, 15) is 4.79 Å². The Hall–Kier alpha value is -2.15. The first-order valence-electron chi connectivity index (χ1n) is 7.25. The molecular formula is C19H18O. The number of hydrogen-bond donors (Lipinski definition) is 0. The molecule has 0 radical (unpaired) electrons. The van der Waals surface area contributed by atoms with E-state index in [1.54, 1.807) is 0 Å². The number of ketones is 1. The fourth-order valence-corrected chi connectivity index (χ4v) is 2.87. The van der Waals surface area contributed by atoms with Crippen LogP contribution in [0.1, 0.15) is 47.7 Å². The molecule has 100 valence electrons. The molecule has 2 aromatic carbocycles. The molecule has 0 unspecified atom stereocenters. The van der Waals surface area contributed by atoms with Gasteiger partial charge in [-0.2, -0.15) is 0 Å². The highest BCUT2D eigenvalue weighted by molar-refractivity contribution is 6.39. The Bertz CT molecular complexity index is 665. The quantitative estimate of drug-likeness (QED) is 0.759. The van der Waals surface area contributed by atoms with Crippen LogP contribution in [0.3, 0.4) is 0 Å². The minimum atomic E-state index is 0.179. The van der Waals surface area contributed by atoms with Crippen molar-refractivity contribution in [1.82, 2.24) is 0 Å². The molecule has 0 saturated carbocycles. The second-order valence-corrected chi connectivity index (χ2v) is 5.20. The van der Waals surface area contributed by atoms with Crippen LogP contribution < -0.4 is 0 Å². The summed E-state index contributed by atoms with van der Waals surface area (Å²) in [4.78, 5) is 12.7. The van der Waals surface area contributed by atoms with E-state index in [-0.39, 0.29) is 5.78 Å². The standard InChI is InChI=1S/C19H18O/c1-2-3-11-16-15-12-7-8-13-17(15)19(20)18(16)14-9-5-4-6-10-14/h4-10,12-13H,2-3,11H2,1H3. The van der Waals surface area contributed by atoms with Crippen LogP contribution in [0, 0.1) is 0 Å². The molecule has 0 amide bonds. The number of fused-ring (bicyclic) bond motifs is 1. The number of hydrogen-bond acceptors (Lipinski definition) is 1. The normalized spacial score (nSPS) is 13.8. The number of carbonyl (C=O) groups excluding carboxylic acids is 1. The summed E-state index contributed by atoms with van der Waals surface area (Å²) in [5.41, 5.74) is 5.15. The zero-order chi connectivity index (χ0) is 13.9. The van der Waals surface area contributed by atoms with Gasteiger partial charge in [0.1, 0.15) is 0 Å². The summed E-state index contributed by atoms with van der Waals surface area (Å²) in [6.07, 6.45) is 3.23. The van der Waals surface area contributed by atoms with E-state index in [0.29, 0.717) is 0 Å².